The van der Waals surface area contributed by atoms with Crippen molar-refractivity contribution in [1.29, 1.82) is 0 Å². The quantitative estimate of drug-likeness (QED) is 0.260. The molecule has 0 unspecified atom stereocenters. The second-order valence-corrected chi connectivity index (χ2v) is 8.39. The molecule has 0 amide bonds. The number of rotatable bonds is 6. The topological polar surface area (TPSA) is 44.3 Å². The number of hydrogen-bond donors (Lipinski definition) is 0. The van der Waals surface area contributed by atoms with Crippen LogP contribution in [-0.4, -0.2) is 25.0 Å². The molecular formula is C28H28N4O. The van der Waals surface area contributed by atoms with Crippen molar-refractivity contribution in [3.8, 4) is 0 Å². The van der Waals surface area contributed by atoms with Crippen molar-refractivity contribution in [2.75, 3.05) is 23.1 Å². The van der Waals surface area contributed by atoms with Gasteiger partial charge in [0.2, 0.25) is 0 Å². The summed E-state index contributed by atoms with van der Waals surface area (Å²) in [5.41, 5.74) is 7.59. The zero-order valence-electron chi connectivity index (χ0n) is 19.3. The Hall–Kier alpha value is -3.86. The zero-order chi connectivity index (χ0) is 22.8. The Bertz CT molecular complexity index is 1330. The number of para-hydroxylation sites is 1. The SMILES string of the molecule is CCN(N=C(C)c1cc2cc(C=NN3CCc4ccccc43)ccc2o1)c1ccc(C)cc1. The van der Waals surface area contributed by atoms with Crippen LogP contribution in [0.25, 0.3) is 11.0 Å². The molecule has 2 heterocycles. The van der Waals surface area contributed by atoms with Gasteiger partial charge in [-0.1, -0.05) is 35.9 Å². The van der Waals surface area contributed by atoms with E-state index >= 15 is 0 Å². The minimum absolute atomic E-state index is 0.776. The zero-order valence-corrected chi connectivity index (χ0v) is 19.3. The molecule has 1 aliphatic rings. The molecule has 0 spiro atoms. The standard InChI is InChI=1S/C28H28N4O/c1-4-31(25-12-9-20(2)10-13-25)30-21(3)28-18-24-17-22(11-14-27(24)33-28)19-29-32-16-15-23-7-5-6-8-26(23)32/h5-14,17-19H,4,15-16H2,1-3H3. The highest BCUT2D eigenvalue weighted by molar-refractivity contribution is 6.01. The lowest BCUT2D eigenvalue weighted by atomic mass is 10.1. The minimum atomic E-state index is 0.776. The maximum absolute atomic E-state index is 6.10. The molecule has 0 radical (unpaired) electrons. The lowest BCUT2D eigenvalue weighted by Crippen LogP contribution is -2.17. The largest absolute Gasteiger partial charge is 0.455 e. The van der Waals surface area contributed by atoms with E-state index in [0.717, 1.165) is 53.2 Å². The van der Waals surface area contributed by atoms with Crippen LogP contribution in [0.3, 0.4) is 0 Å². The summed E-state index contributed by atoms with van der Waals surface area (Å²) in [6, 6.07) is 25.1. The molecule has 0 fully saturated rings. The predicted octanol–water partition coefficient (Wildman–Crippen LogP) is 6.39. The lowest BCUT2D eigenvalue weighted by Gasteiger charge is -2.18. The van der Waals surface area contributed by atoms with Gasteiger partial charge in [0.15, 0.2) is 5.76 Å². The van der Waals surface area contributed by atoms with E-state index in [1.807, 2.05) is 30.3 Å². The van der Waals surface area contributed by atoms with E-state index < -0.39 is 0 Å². The summed E-state index contributed by atoms with van der Waals surface area (Å²) in [6.45, 7) is 7.87. The molecule has 166 valence electrons. The van der Waals surface area contributed by atoms with Gasteiger partial charge in [-0.3, -0.25) is 10.0 Å². The van der Waals surface area contributed by atoms with Crippen LogP contribution in [0.2, 0.25) is 0 Å². The molecule has 3 aromatic carbocycles. The molecule has 33 heavy (non-hydrogen) atoms. The van der Waals surface area contributed by atoms with Gasteiger partial charge in [-0.15, -0.1) is 0 Å². The number of anilines is 2. The summed E-state index contributed by atoms with van der Waals surface area (Å²) < 4.78 is 6.10. The van der Waals surface area contributed by atoms with E-state index in [1.165, 1.54) is 16.8 Å². The summed E-state index contributed by atoms with van der Waals surface area (Å²) in [5, 5.41) is 14.6. The molecule has 1 aliphatic heterocycles. The Kier molecular flexibility index (Phi) is 5.69. The van der Waals surface area contributed by atoms with Gasteiger partial charge in [-0.2, -0.15) is 10.2 Å². The summed E-state index contributed by atoms with van der Waals surface area (Å²) in [6.07, 6.45) is 2.96. The van der Waals surface area contributed by atoms with Crippen molar-refractivity contribution in [2.24, 2.45) is 10.2 Å². The molecule has 0 bridgehead atoms. The van der Waals surface area contributed by atoms with Crippen LogP contribution in [0.4, 0.5) is 11.4 Å². The number of nitrogens with zero attached hydrogens (tertiary/aromatic N) is 4. The van der Waals surface area contributed by atoms with E-state index in [4.69, 9.17) is 14.6 Å². The molecule has 0 saturated heterocycles. The number of hydrazone groups is 2. The van der Waals surface area contributed by atoms with Gasteiger partial charge in [0.25, 0.3) is 0 Å². The summed E-state index contributed by atoms with van der Waals surface area (Å²) >= 11 is 0. The predicted molar refractivity (Wildman–Crippen MR) is 138 cm³/mol. The van der Waals surface area contributed by atoms with Crippen LogP contribution in [0.1, 0.15) is 36.3 Å². The van der Waals surface area contributed by atoms with E-state index in [9.17, 15) is 0 Å². The molecule has 5 rings (SSSR count). The number of aryl methyl sites for hydroxylation is 1. The fourth-order valence-electron chi connectivity index (χ4n) is 4.16. The van der Waals surface area contributed by atoms with E-state index in [2.05, 4.69) is 79.5 Å². The van der Waals surface area contributed by atoms with Crippen molar-refractivity contribution < 1.29 is 4.42 Å². The Morgan fingerprint density at radius 3 is 2.70 bits per heavy atom. The molecule has 0 aliphatic carbocycles. The van der Waals surface area contributed by atoms with Gasteiger partial charge in [-0.05, 0) is 80.8 Å². The molecule has 0 N–H and O–H groups in total. The van der Waals surface area contributed by atoms with Crippen molar-refractivity contribution in [3.05, 3.63) is 95.2 Å². The Morgan fingerprint density at radius 1 is 1.06 bits per heavy atom. The van der Waals surface area contributed by atoms with Crippen LogP contribution >= 0.6 is 0 Å². The first-order chi connectivity index (χ1) is 16.1. The fraction of sp³-hybridized carbons (Fsp3) is 0.214. The Labute approximate surface area is 194 Å². The van der Waals surface area contributed by atoms with Crippen LogP contribution < -0.4 is 10.0 Å². The summed E-state index contributed by atoms with van der Waals surface area (Å²) in [5.74, 6) is 0.776. The van der Waals surface area contributed by atoms with Crippen LogP contribution in [-0.2, 0) is 6.42 Å². The average molecular weight is 437 g/mol. The number of furan rings is 1. The van der Waals surface area contributed by atoms with E-state index in [-0.39, 0.29) is 0 Å². The number of benzene rings is 3. The highest BCUT2D eigenvalue weighted by Gasteiger charge is 2.17. The monoisotopic (exact) mass is 436 g/mol. The van der Waals surface area contributed by atoms with Gasteiger partial charge < -0.3 is 4.42 Å². The second-order valence-electron chi connectivity index (χ2n) is 8.39. The van der Waals surface area contributed by atoms with Crippen LogP contribution in [0.15, 0.2) is 87.4 Å². The van der Waals surface area contributed by atoms with Gasteiger partial charge in [0, 0.05) is 18.5 Å². The maximum atomic E-state index is 6.10. The fourth-order valence-corrected chi connectivity index (χ4v) is 4.16. The average Bonchev–Trinajstić information content (AvgIpc) is 3.45. The second kappa shape index (κ2) is 8.94. The maximum Gasteiger partial charge on any atom is 0.151 e. The van der Waals surface area contributed by atoms with Gasteiger partial charge in [0.1, 0.15) is 11.3 Å². The third-order valence-electron chi connectivity index (χ3n) is 6.01. The highest BCUT2D eigenvalue weighted by Crippen LogP contribution is 2.28. The number of hydrogen-bond acceptors (Lipinski definition) is 5. The number of fused-ring (bicyclic) bond motifs is 2. The molecule has 5 nitrogen and oxygen atoms in total. The van der Waals surface area contributed by atoms with Gasteiger partial charge in [-0.25, -0.2) is 0 Å². The van der Waals surface area contributed by atoms with Gasteiger partial charge in [0.05, 0.1) is 17.6 Å². The van der Waals surface area contributed by atoms with Crippen molar-refractivity contribution in [3.63, 3.8) is 0 Å². The minimum Gasteiger partial charge on any atom is -0.455 e. The first kappa shape index (κ1) is 21.0. The van der Waals surface area contributed by atoms with Crippen LogP contribution in [0.5, 0.6) is 0 Å². The van der Waals surface area contributed by atoms with Crippen molar-refractivity contribution >= 4 is 34.3 Å². The highest BCUT2D eigenvalue weighted by atomic mass is 16.3. The molecular weight excluding hydrogens is 408 g/mol. The third-order valence-corrected chi connectivity index (χ3v) is 6.01. The van der Waals surface area contributed by atoms with E-state index in [0.29, 0.717) is 0 Å². The first-order valence-corrected chi connectivity index (χ1v) is 11.4. The van der Waals surface area contributed by atoms with Crippen LogP contribution in [0, 0.1) is 6.92 Å². The Balaban J connectivity index is 1.36. The molecule has 0 atom stereocenters. The summed E-state index contributed by atoms with van der Waals surface area (Å²) in [7, 11) is 0. The normalized spacial score (nSPS) is 13.8. The molecule has 4 aromatic rings. The Morgan fingerprint density at radius 2 is 1.88 bits per heavy atom. The molecule has 0 saturated carbocycles. The van der Waals surface area contributed by atoms with Crippen molar-refractivity contribution in [1.82, 2.24) is 0 Å². The lowest BCUT2D eigenvalue weighted by molar-refractivity contribution is 0.603. The van der Waals surface area contributed by atoms with Crippen molar-refractivity contribution in [2.45, 2.75) is 27.2 Å². The molecule has 5 heteroatoms. The summed E-state index contributed by atoms with van der Waals surface area (Å²) in [4.78, 5) is 0. The first-order valence-electron chi connectivity index (χ1n) is 11.4. The third kappa shape index (κ3) is 4.40. The van der Waals surface area contributed by atoms with Gasteiger partial charge >= 0.3 is 0 Å². The molecule has 1 aromatic heterocycles. The van der Waals surface area contributed by atoms with E-state index in [1.54, 1.807) is 0 Å². The smallest absolute Gasteiger partial charge is 0.151 e.